The minimum Gasteiger partial charge on any atom is -0.338 e. The molecule has 1 aromatic rings. The Morgan fingerprint density at radius 2 is 2.25 bits per heavy atom. The van der Waals surface area contributed by atoms with E-state index in [1.165, 1.54) is 0 Å². The molecular weight excluding hydrogens is 283 g/mol. The van der Waals surface area contributed by atoms with Crippen molar-refractivity contribution >= 4 is 0 Å². The zero-order valence-electron chi connectivity index (χ0n) is 4.87. The maximum absolute atomic E-state index is 3.98. The van der Waals surface area contributed by atoms with Gasteiger partial charge in [0, 0.05) is 40.5 Å². The molecule has 48 valence electrons. The van der Waals surface area contributed by atoms with Gasteiger partial charge in [0.1, 0.15) is 5.82 Å². The van der Waals surface area contributed by atoms with Gasteiger partial charge in [0.15, 0.2) is 0 Å². The molecule has 0 N–H and O–H groups in total. The van der Waals surface area contributed by atoms with E-state index in [2.05, 4.69) is 4.98 Å². The predicted octanol–water partition coefficient (Wildman–Crippen LogP) is 0.726. The summed E-state index contributed by atoms with van der Waals surface area (Å²) in [6.45, 7) is 1.97. The van der Waals surface area contributed by atoms with Gasteiger partial charge in [-0.25, -0.2) is 4.98 Å². The molecule has 0 bridgehead atoms. The molecule has 0 fully saturated rings. The predicted molar refractivity (Wildman–Crippen MR) is 27.9 cm³/mol. The van der Waals surface area contributed by atoms with E-state index in [0.29, 0.717) is 0 Å². The van der Waals surface area contributed by atoms with Crippen LogP contribution in [0.15, 0.2) is 12.4 Å². The van der Waals surface area contributed by atoms with Gasteiger partial charge in [-0.3, -0.25) is 0 Å². The topological polar surface area (TPSA) is 17.8 Å². The van der Waals surface area contributed by atoms with Crippen molar-refractivity contribution in [3.63, 3.8) is 0 Å². The first-order valence-electron chi connectivity index (χ1n) is 2.24. The minimum atomic E-state index is 0. The fourth-order valence-electron chi connectivity index (χ4n) is 0.440. The van der Waals surface area contributed by atoms with Crippen LogP contribution in [0, 0.1) is 6.92 Å². The molecule has 0 spiro atoms. The summed E-state index contributed by atoms with van der Waals surface area (Å²) in [6.07, 6.45) is 3.71. The summed E-state index contributed by atoms with van der Waals surface area (Å²) < 4.78 is 1.97. The van der Waals surface area contributed by atoms with Gasteiger partial charge in [-0.1, -0.05) is 0 Å². The van der Waals surface area contributed by atoms with Crippen molar-refractivity contribution in [2.45, 2.75) is 6.92 Å². The average molecular weight is 291 g/mol. The van der Waals surface area contributed by atoms with Crippen molar-refractivity contribution in [3.05, 3.63) is 18.2 Å². The Morgan fingerprint density at radius 3 is 2.38 bits per heavy atom. The third kappa shape index (κ3) is 1.44. The van der Waals surface area contributed by atoms with E-state index >= 15 is 0 Å². The fourth-order valence-corrected chi connectivity index (χ4v) is 0.440. The van der Waals surface area contributed by atoms with Gasteiger partial charge in [-0.15, -0.1) is 0 Å². The second-order valence-corrected chi connectivity index (χ2v) is 1.59. The SMILES string of the molecule is Cc1nccn1C.[Pt]. The van der Waals surface area contributed by atoms with Gasteiger partial charge in [0.25, 0.3) is 0 Å². The van der Waals surface area contributed by atoms with Crippen molar-refractivity contribution < 1.29 is 21.1 Å². The Morgan fingerprint density at radius 1 is 1.62 bits per heavy atom. The standard InChI is InChI=1S/C5H8N2.Pt/c1-5-6-3-4-7(5)2;/h3-4H,1-2H3;. The molecule has 2 nitrogen and oxygen atoms in total. The first-order valence-corrected chi connectivity index (χ1v) is 2.24. The van der Waals surface area contributed by atoms with Gasteiger partial charge in [-0.05, 0) is 6.92 Å². The van der Waals surface area contributed by atoms with Crippen molar-refractivity contribution in [1.82, 2.24) is 9.55 Å². The summed E-state index contributed by atoms with van der Waals surface area (Å²) >= 11 is 0. The number of aryl methyl sites for hydroxylation is 2. The Labute approximate surface area is 63.2 Å². The van der Waals surface area contributed by atoms with Gasteiger partial charge < -0.3 is 4.57 Å². The van der Waals surface area contributed by atoms with Crippen LogP contribution in [0.5, 0.6) is 0 Å². The third-order valence-corrected chi connectivity index (χ3v) is 1.06. The number of rotatable bonds is 0. The first kappa shape index (κ1) is 7.90. The average Bonchev–Trinajstić information content (AvgIpc) is 1.91. The van der Waals surface area contributed by atoms with E-state index in [-0.39, 0.29) is 21.1 Å². The van der Waals surface area contributed by atoms with Crippen molar-refractivity contribution in [1.29, 1.82) is 0 Å². The van der Waals surface area contributed by atoms with Gasteiger partial charge >= 0.3 is 0 Å². The molecule has 3 heteroatoms. The van der Waals surface area contributed by atoms with Crippen molar-refractivity contribution in [2.75, 3.05) is 0 Å². The molecule has 0 amide bonds. The summed E-state index contributed by atoms with van der Waals surface area (Å²) in [5.41, 5.74) is 0. The summed E-state index contributed by atoms with van der Waals surface area (Å²) in [5, 5.41) is 0. The fraction of sp³-hybridized carbons (Fsp3) is 0.400. The molecule has 0 aliphatic rings. The molecule has 0 aromatic carbocycles. The van der Waals surface area contributed by atoms with Crippen LogP contribution in [0.2, 0.25) is 0 Å². The Hall–Kier alpha value is -0.102. The molecule has 1 heterocycles. The van der Waals surface area contributed by atoms with Crippen molar-refractivity contribution in [3.8, 4) is 0 Å². The van der Waals surface area contributed by atoms with E-state index in [1.54, 1.807) is 6.20 Å². The summed E-state index contributed by atoms with van der Waals surface area (Å²) in [7, 11) is 1.97. The van der Waals surface area contributed by atoms with Gasteiger partial charge in [0.2, 0.25) is 0 Å². The molecule has 0 aliphatic heterocycles. The minimum absolute atomic E-state index is 0. The van der Waals surface area contributed by atoms with Crippen LogP contribution in [-0.2, 0) is 28.1 Å². The van der Waals surface area contributed by atoms with Crippen LogP contribution in [0.3, 0.4) is 0 Å². The van der Waals surface area contributed by atoms with E-state index in [4.69, 9.17) is 0 Å². The van der Waals surface area contributed by atoms with Crippen LogP contribution >= 0.6 is 0 Å². The zero-order chi connectivity index (χ0) is 5.28. The second kappa shape index (κ2) is 3.03. The van der Waals surface area contributed by atoms with Crippen LogP contribution in [0.1, 0.15) is 5.82 Å². The molecule has 0 unspecified atom stereocenters. The Bertz CT molecular complexity index is 143. The first-order chi connectivity index (χ1) is 3.30. The molecule has 0 saturated heterocycles. The number of hydrogen-bond donors (Lipinski definition) is 0. The molecule has 0 saturated carbocycles. The summed E-state index contributed by atoms with van der Waals surface area (Å²) in [4.78, 5) is 3.98. The van der Waals surface area contributed by atoms with Crippen LogP contribution in [0.4, 0.5) is 0 Å². The van der Waals surface area contributed by atoms with E-state index < -0.39 is 0 Å². The van der Waals surface area contributed by atoms with Gasteiger partial charge in [-0.2, -0.15) is 0 Å². The molecule has 1 rings (SSSR count). The molecule has 0 radical (unpaired) electrons. The van der Waals surface area contributed by atoms with E-state index in [0.717, 1.165) is 5.82 Å². The summed E-state index contributed by atoms with van der Waals surface area (Å²) in [5.74, 6) is 1.06. The van der Waals surface area contributed by atoms with E-state index in [9.17, 15) is 0 Å². The number of aromatic nitrogens is 2. The maximum Gasteiger partial charge on any atom is 0.105 e. The second-order valence-electron chi connectivity index (χ2n) is 1.59. The Kier molecular flexibility index (Phi) is 2.99. The number of imidazole rings is 1. The third-order valence-electron chi connectivity index (χ3n) is 1.06. The quantitative estimate of drug-likeness (QED) is 0.689. The normalized spacial score (nSPS) is 8.25. The van der Waals surface area contributed by atoms with Crippen molar-refractivity contribution in [2.24, 2.45) is 7.05 Å². The van der Waals surface area contributed by atoms with Crippen LogP contribution < -0.4 is 0 Å². The molecule has 0 aliphatic carbocycles. The molecule has 1 aromatic heterocycles. The zero-order valence-corrected chi connectivity index (χ0v) is 7.14. The van der Waals surface area contributed by atoms with Crippen LogP contribution in [0.25, 0.3) is 0 Å². The smallest absolute Gasteiger partial charge is 0.105 e. The largest absolute Gasteiger partial charge is 0.338 e. The van der Waals surface area contributed by atoms with E-state index in [1.807, 2.05) is 24.7 Å². The Balaban J connectivity index is 0.000000490. The maximum atomic E-state index is 3.98. The summed E-state index contributed by atoms with van der Waals surface area (Å²) in [6, 6.07) is 0. The van der Waals surface area contributed by atoms with Gasteiger partial charge in [0.05, 0.1) is 0 Å². The molecule has 8 heavy (non-hydrogen) atoms. The monoisotopic (exact) mass is 291 g/mol. The number of nitrogens with zero attached hydrogens (tertiary/aromatic N) is 2. The molecular formula is C5H8N2Pt. The number of hydrogen-bond acceptors (Lipinski definition) is 1. The van der Waals surface area contributed by atoms with Crippen LogP contribution in [-0.4, -0.2) is 9.55 Å². The molecule has 0 atom stereocenters.